The Morgan fingerprint density at radius 3 is 2.37 bits per heavy atom. The van der Waals surface area contributed by atoms with E-state index in [-0.39, 0.29) is 27.5 Å². The molecule has 1 aromatic carbocycles. The molecule has 0 aliphatic carbocycles. The predicted molar refractivity (Wildman–Crippen MR) is 104 cm³/mol. The van der Waals surface area contributed by atoms with E-state index in [1.54, 1.807) is 26.0 Å². The molecule has 6 nitrogen and oxygen atoms in total. The minimum absolute atomic E-state index is 0.0191. The summed E-state index contributed by atoms with van der Waals surface area (Å²) in [6.45, 7) is 10.2. The summed E-state index contributed by atoms with van der Waals surface area (Å²) < 4.78 is 43.0. The number of ether oxygens (including phenoxy) is 2. The molecule has 0 N–H and O–H groups in total. The number of oxazole rings is 1. The molecule has 3 rings (SSSR count). The molecule has 1 aromatic heterocycles. The average molecular weight is 416 g/mol. The molecule has 0 amide bonds. The first-order valence-corrected chi connectivity index (χ1v) is 10.9. The number of aromatic nitrogens is 1. The molecule has 0 atom stereocenters. The summed E-state index contributed by atoms with van der Waals surface area (Å²) in [5.74, 6) is -0.0317. The van der Waals surface area contributed by atoms with Crippen molar-refractivity contribution in [3.63, 3.8) is 0 Å². The molecule has 27 heavy (non-hydrogen) atoms. The molecule has 0 unspecified atom stereocenters. The number of rotatable bonds is 4. The van der Waals surface area contributed by atoms with Gasteiger partial charge in [-0.1, -0.05) is 11.6 Å². The quantitative estimate of drug-likeness (QED) is 0.723. The highest BCUT2D eigenvalue weighted by Gasteiger charge is 2.45. The summed E-state index contributed by atoms with van der Waals surface area (Å²) >= 11 is 6.34. The number of halogens is 1. The van der Waals surface area contributed by atoms with Crippen LogP contribution in [0, 0.1) is 5.92 Å². The maximum absolute atomic E-state index is 13.6. The Kier molecular flexibility index (Phi) is 5.25. The first-order valence-electron chi connectivity index (χ1n) is 9.04. The summed E-state index contributed by atoms with van der Waals surface area (Å²) in [6.07, 6.45) is 1.41. The lowest BCUT2D eigenvalue weighted by Crippen LogP contribution is -2.42. The van der Waals surface area contributed by atoms with Crippen LogP contribution in [-0.4, -0.2) is 37.0 Å². The smallest absolute Gasteiger partial charge is 0.395 e. The maximum Gasteiger partial charge on any atom is 0.395 e. The number of nitrogens with zero attached hydrogens (tertiary/aromatic N) is 1. The lowest BCUT2D eigenvalue weighted by molar-refractivity contribution is 0.0564. The summed E-state index contributed by atoms with van der Waals surface area (Å²) in [5.41, 5.74) is 0.0207. The summed E-state index contributed by atoms with van der Waals surface area (Å²) in [7, 11) is -3.80. The third kappa shape index (κ3) is 3.82. The Morgan fingerprint density at radius 1 is 1.15 bits per heavy atom. The van der Waals surface area contributed by atoms with Gasteiger partial charge in [-0.2, -0.15) is 4.98 Å². The van der Waals surface area contributed by atoms with Gasteiger partial charge in [-0.05, 0) is 65.5 Å². The SMILES string of the molecule is CC(C)(C)Oc1nc2ccc(Cl)c(S(=O)(=O)C(C)(C)C3CCOCC3)c2o1. The fraction of sp³-hybridized carbons (Fsp3) is 0.632. The monoisotopic (exact) mass is 415 g/mol. The summed E-state index contributed by atoms with van der Waals surface area (Å²) in [6, 6.07) is 3.18. The molecule has 1 saturated heterocycles. The number of benzene rings is 1. The lowest BCUT2D eigenvalue weighted by atomic mass is 9.88. The van der Waals surface area contributed by atoms with E-state index < -0.39 is 20.2 Å². The second-order valence-corrected chi connectivity index (χ2v) is 11.3. The van der Waals surface area contributed by atoms with E-state index in [2.05, 4.69) is 4.98 Å². The van der Waals surface area contributed by atoms with Crippen LogP contribution in [-0.2, 0) is 14.6 Å². The van der Waals surface area contributed by atoms with Crippen molar-refractivity contribution in [2.45, 2.75) is 62.7 Å². The number of fused-ring (bicyclic) bond motifs is 1. The van der Waals surface area contributed by atoms with Crippen LogP contribution in [0.1, 0.15) is 47.5 Å². The minimum atomic E-state index is -3.80. The van der Waals surface area contributed by atoms with E-state index in [4.69, 9.17) is 25.5 Å². The van der Waals surface area contributed by atoms with Gasteiger partial charge in [0.2, 0.25) is 0 Å². The van der Waals surface area contributed by atoms with Crippen molar-refractivity contribution in [3.05, 3.63) is 17.2 Å². The van der Waals surface area contributed by atoms with Crippen molar-refractivity contribution >= 4 is 32.5 Å². The van der Waals surface area contributed by atoms with Crippen LogP contribution in [0.25, 0.3) is 11.1 Å². The highest BCUT2D eigenvalue weighted by Crippen LogP contribution is 2.43. The van der Waals surface area contributed by atoms with Gasteiger partial charge in [0.25, 0.3) is 0 Å². The second-order valence-electron chi connectivity index (χ2n) is 8.41. The van der Waals surface area contributed by atoms with E-state index >= 15 is 0 Å². The van der Waals surface area contributed by atoms with Crippen LogP contribution < -0.4 is 4.74 Å². The molecule has 1 aliphatic rings. The Balaban J connectivity index is 2.12. The van der Waals surface area contributed by atoms with E-state index in [1.807, 2.05) is 20.8 Å². The molecule has 1 aliphatic heterocycles. The van der Waals surface area contributed by atoms with E-state index in [1.165, 1.54) is 0 Å². The molecule has 0 saturated carbocycles. The van der Waals surface area contributed by atoms with Gasteiger partial charge in [-0.3, -0.25) is 0 Å². The van der Waals surface area contributed by atoms with Crippen molar-refractivity contribution in [1.29, 1.82) is 0 Å². The van der Waals surface area contributed by atoms with Crippen LogP contribution >= 0.6 is 11.6 Å². The zero-order chi connectivity index (χ0) is 20.0. The van der Waals surface area contributed by atoms with Gasteiger partial charge in [0.05, 0.1) is 9.77 Å². The maximum atomic E-state index is 13.6. The van der Waals surface area contributed by atoms with E-state index in [0.29, 0.717) is 31.6 Å². The second kappa shape index (κ2) is 6.94. The van der Waals surface area contributed by atoms with E-state index in [0.717, 1.165) is 0 Å². The van der Waals surface area contributed by atoms with Crippen molar-refractivity contribution in [3.8, 4) is 6.08 Å². The molecule has 8 heteroatoms. The Hall–Kier alpha value is -1.31. The highest BCUT2D eigenvalue weighted by atomic mass is 35.5. The number of sulfone groups is 1. The predicted octanol–water partition coefficient (Wildman–Crippen LogP) is 4.64. The Labute approximate surface area is 165 Å². The fourth-order valence-electron chi connectivity index (χ4n) is 3.35. The molecule has 0 spiro atoms. The van der Waals surface area contributed by atoms with Crippen molar-refractivity contribution in [1.82, 2.24) is 4.98 Å². The molecule has 2 heterocycles. The third-order valence-electron chi connectivity index (χ3n) is 5.00. The van der Waals surface area contributed by atoms with Crippen LogP contribution in [0.3, 0.4) is 0 Å². The topological polar surface area (TPSA) is 78.6 Å². The molecule has 2 aromatic rings. The minimum Gasteiger partial charge on any atom is -0.444 e. The first kappa shape index (κ1) is 20.4. The molecule has 0 radical (unpaired) electrons. The number of hydrogen-bond donors (Lipinski definition) is 0. The summed E-state index contributed by atoms with van der Waals surface area (Å²) in [5, 5.41) is 0.126. The Bertz CT molecular complexity index is 937. The standard InChI is InChI=1S/C19H26ClNO5S/c1-18(2,3)26-17-21-14-7-6-13(20)16(15(14)25-17)27(22,23)19(4,5)12-8-10-24-11-9-12/h6-7,12H,8-11H2,1-5H3. The van der Waals surface area contributed by atoms with Gasteiger partial charge in [-0.25, -0.2) is 8.42 Å². The molecular weight excluding hydrogens is 390 g/mol. The zero-order valence-corrected chi connectivity index (χ0v) is 17.9. The molecule has 150 valence electrons. The van der Waals surface area contributed by atoms with Crippen LogP contribution in [0.5, 0.6) is 6.08 Å². The van der Waals surface area contributed by atoms with Crippen molar-refractivity contribution < 1.29 is 22.3 Å². The van der Waals surface area contributed by atoms with Gasteiger partial charge in [0.1, 0.15) is 16.0 Å². The molecule has 1 fully saturated rings. The van der Waals surface area contributed by atoms with Gasteiger partial charge >= 0.3 is 6.08 Å². The Morgan fingerprint density at radius 2 is 1.78 bits per heavy atom. The van der Waals surface area contributed by atoms with Crippen LogP contribution in [0.15, 0.2) is 21.4 Å². The van der Waals surface area contributed by atoms with Gasteiger partial charge < -0.3 is 13.9 Å². The average Bonchev–Trinajstić information content (AvgIpc) is 2.95. The van der Waals surface area contributed by atoms with Gasteiger partial charge in [0, 0.05) is 13.2 Å². The van der Waals surface area contributed by atoms with Gasteiger partial charge in [-0.15, -0.1) is 0 Å². The largest absolute Gasteiger partial charge is 0.444 e. The van der Waals surface area contributed by atoms with Gasteiger partial charge in [0.15, 0.2) is 15.4 Å². The molecular formula is C19H26ClNO5S. The molecule has 0 bridgehead atoms. The normalized spacial score (nSPS) is 17.4. The van der Waals surface area contributed by atoms with Crippen molar-refractivity contribution in [2.24, 2.45) is 5.92 Å². The third-order valence-corrected chi connectivity index (χ3v) is 8.09. The van der Waals surface area contributed by atoms with Crippen molar-refractivity contribution in [2.75, 3.05) is 13.2 Å². The van der Waals surface area contributed by atoms with E-state index in [9.17, 15) is 8.42 Å². The van der Waals surface area contributed by atoms with Crippen LogP contribution in [0.2, 0.25) is 5.02 Å². The highest BCUT2D eigenvalue weighted by molar-refractivity contribution is 7.93. The fourth-order valence-corrected chi connectivity index (χ4v) is 5.72. The summed E-state index contributed by atoms with van der Waals surface area (Å²) in [4.78, 5) is 4.26. The zero-order valence-electron chi connectivity index (χ0n) is 16.3. The number of hydrogen-bond acceptors (Lipinski definition) is 6. The lowest BCUT2D eigenvalue weighted by Gasteiger charge is -2.36. The first-order chi connectivity index (χ1) is 12.4. The van der Waals surface area contributed by atoms with Crippen LogP contribution in [0.4, 0.5) is 0 Å².